The van der Waals surface area contributed by atoms with Crippen LogP contribution in [0.15, 0.2) is 54.2 Å². The molecule has 1 saturated heterocycles. The van der Waals surface area contributed by atoms with Gasteiger partial charge in [-0.25, -0.2) is 4.98 Å². The Morgan fingerprint density at radius 2 is 1.50 bits per heavy atom. The van der Waals surface area contributed by atoms with Gasteiger partial charge < -0.3 is 5.32 Å². The van der Waals surface area contributed by atoms with Crippen LogP contribution in [0.3, 0.4) is 0 Å². The van der Waals surface area contributed by atoms with E-state index in [0.29, 0.717) is 10.8 Å². The van der Waals surface area contributed by atoms with E-state index in [1.165, 1.54) is 0 Å². The highest BCUT2D eigenvalue weighted by atomic mass is 32.1. The molecule has 1 aliphatic heterocycles. The first-order valence-electron chi connectivity index (χ1n) is 6.84. The van der Waals surface area contributed by atoms with Crippen LogP contribution in [0.25, 0.3) is 27.9 Å². The fourth-order valence-corrected chi connectivity index (χ4v) is 2.86. The molecular weight excluding hydrogens is 294 g/mol. The number of pyridine rings is 1. The maximum atomic E-state index is 11.9. The molecule has 0 bridgehead atoms. The molecule has 4 rings (SSSR count). The molecule has 0 radical (unpaired) electrons. The standard InChI is InChI=1S/C17H11N3OS/c21-16-15(19-17(22)20-16)9-12-10-5-1-3-7-13(10)18-14-8-4-2-6-11(12)14/h1-9H,(H2,19,20,21,22)/b15-9-. The third-order valence-electron chi connectivity index (χ3n) is 3.64. The number of amides is 1. The van der Waals surface area contributed by atoms with Crippen LogP contribution in [0, 0.1) is 0 Å². The molecule has 4 nitrogen and oxygen atoms in total. The molecule has 1 aliphatic rings. The molecule has 106 valence electrons. The summed E-state index contributed by atoms with van der Waals surface area (Å²) >= 11 is 4.98. The Balaban J connectivity index is 2.07. The minimum atomic E-state index is -0.213. The van der Waals surface area contributed by atoms with Gasteiger partial charge in [-0.1, -0.05) is 36.4 Å². The van der Waals surface area contributed by atoms with E-state index in [4.69, 9.17) is 12.2 Å². The minimum absolute atomic E-state index is 0.213. The van der Waals surface area contributed by atoms with Gasteiger partial charge in [0.15, 0.2) is 5.11 Å². The summed E-state index contributed by atoms with van der Waals surface area (Å²) < 4.78 is 0. The summed E-state index contributed by atoms with van der Waals surface area (Å²) in [5, 5.41) is 7.81. The van der Waals surface area contributed by atoms with Crippen molar-refractivity contribution in [2.45, 2.75) is 0 Å². The second-order valence-electron chi connectivity index (χ2n) is 5.03. The summed E-state index contributed by atoms with van der Waals surface area (Å²) in [6, 6.07) is 15.8. The van der Waals surface area contributed by atoms with E-state index in [1.54, 1.807) is 0 Å². The molecule has 2 heterocycles. The lowest BCUT2D eigenvalue weighted by atomic mass is 10.0. The van der Waals surface area contributed by atoms with E-state index >= 15 is 0 Å². The number of fused-ring (bicyclic) bond motifs is 2. The van der Waals surface area contributed by atoms with Crippen LogP contribution in [0.2, 0.25) is 0 Å². The van der Waals surface area contributed by atoms with Gasteiger partial charge in [0, 0.05) is 10.8 Å². The number of hydrogen-bond donors (Lipinski definition) is 2. The average Bonchev–Trinajstić information content (AvgIpc) is 2.84. The fraction of sp³-hybridized carbons (Fsp3) is 0. The molecule has 0 saturated carbocycles. The zero-order chi connectivity index (χ0) is 15.1. The maximum Gasteiger partial charge on any atom is 0.273 e. The number of benzene rings is 2. The van der Waals surface area contributed by atoms with Crippen molar-refractivity contribution in [1.82, 2.24) is 15.6 Å². The van der Waals surface area contributed by atoms with Crippen LogP contribution in [0.4, 0.5) is 0 Å². The molecule has 3 aromatic rings. The van der Waals surface area contributed by atoms with Gasteiger partial charge in [0.05, 0.1) is 11.0 Å². The predicted molar refractivity (Wildman–Crippen MR) is 91.1 cm³/mol. The summed E-state index contributed by atoms with van der Waals surface area (Å²) in [7, 11) is 0. The molecule has 0 aliphatic carbocycles. The fourth-order valence-electron chi connectivity index (χ4n) is 2.65. The Labute approximate surface area is 131 Å². The smallest absolute Gasteiger partial charge is 0.273 e. The molecule has 1 aromatic heterocycles. The molecule has 0 atom stereocenters. The number of aromatic nitrogens is 1. The predicted octanol–water partition coefficient (Wildman–Crippen LogP) is 2.73. The van der Waals surface area contributed by atoms with Gasteiger partial charge in [0.1, 0.15) is 5.70 Å². The number of nitrogens with zero attached hydrogens (tertiary/aromatic N) is 1. The van der Waals surface area contributed by atoms with Crippen molar-refractivity contribution >= 4 is 51.1 Å². The highest BCUT2D eigenvalue weighted by Crippen LogP contribution is 2.27. The summed E-state index contributed by atoms with van der Waals surface area (Å²) in [5.74, 6) is -0.213. The first kappa shape index (κ1) is 12.9. The van der Waals surface area contributed by atoms with Crippen molar-refractivity contribution in [3.63, 3.8) is 0 Å². The SMILES string of the molecule is O=C1NC(=S)N/C1=C\c1c2ccccc2nc2ccccc12. The Hall–Kier alpha value is -2.79. The van der Waals surface area contributed by atoms with Gasteiger partial charge in [0.2, 0.25) is 0 Å². The van der Waals surface area contributed by atoms with E-state index in [9.17, 15) is 4.79 Å². The maximum absolute atomic E-state index is 11.9. The number of hydrogen-bond acceptors (Lipinski definition) is 3. The van der Waals surface area contributed by atoms with Crippen molar-refractivity contribution in [3.05, 3.63) is 59.8 Å². The molecule has 1 amide bonds. The minimum Gasteiger partial charge on any atom is -0.328 e. The van der Waals surface area contributed by atoms with Crippen molar-refractivity contribution in [2.24, 2.45) is 0 Å². The third kappa shape index (κ3) is 2.03. The van der Waals surface area contributed by atoms with E-state index in [1.807, 2.05) is 54.6 Å². The summed E-state index contributed by atoms with van der Waals surface area (Å²) in [5.41, 5.74) is 3.21. The second-order valence-corrected chi connectivity index (χ2v) is 5.43. The number of carbonyl (C=O) groups is 1. The molecule has 5 heteroatoms. The van der Waals surface area contributed by atoms with Gasteiger partial charge >= 0.3 is 0 Å². The normalized spacial score (nSPS) is 16.3. The van der Waals surface area contributed by atoms with Crippen molar-refractivity contribution < 1.29 is 4.79 Å². The van der Waals surface area contributed by atoms with Crippen LogP contribution in [-0.2, 0) is 4.79 Å². The topological polar surface area (TPSA) is 54.0 Å². The Morgan fingerprint density at radius 3 is 2.05 bits per heavy atom. The number of nitrogens with one attached hydrogen (secondary N) is 2. The molecule has 22 heavy (non-hydrogen) atoms. The molecule has 0 spiro atoms. The van der Waals surface area contributed by atoms with Gasteiger partial charge in [-0.2, -0.15) is 0 Å². The van der Waals surface area contributed by atoms with E-state index in [-0.39, 0.29) is 5.91 Å². The summed E-state index contributed by atoms with van der Waals surface area (Å²) in [6.45, 7) is 0. The van der Waals surface area contributed by atoms with Crippen LogP contribution in [0.1, 0.15) is 5.56 Å². The van der Waals surface area contributed by atoms with E-state index in [2.05, 4.69) is 15.6 Å². The molecule has 0 unspecified atom stereocenters. The molecule has 1 fully saturated rings. The van der Waals surface area contributed by atoms with Gasteiger partial charge in [-0.3, -0.25) is 10.1 Å². The second kappa shape index (κ2) is 4.89. The highest BCUT2D eigenvalue weighted by Gasteiger charge is 2.20. The van der Waals surface area contributed by atoms with Gasteiger partial charge in [-0.15, -0.1) is 0 Å². The molecular formula is C17H11N3OS. The third-order valence-corrected chi connectivity index (χ3v) is 3.84. The van der Waals surface area contributed by atoms with Crippen molar-refractivity contribution in [3.8, 4) is 0 Å². The number of rotatable bonds is 1. The summed E-state index contributed by atoms with van der Waals surface area (Å²) in [4.78, 5) is 16.6. The van der Waals surface area contributed by atoms with Gasteiger partial charge in [0.25, 0.3) is 5.91 Å². The lowest BCUT2D eigenvalue weighted by molar-refractivity contribution is -0.115. The first-order valence-corrected chi connectivity index (χ1v) is 7.25. The van der Waals surface area contributed by atoms with Crippen LogP contribution in [0.5, 0.6) is 0 Å². The number of para-hydroxylation sites is 2. The zero-order valence-corrected chi connectivity index (χ0v) is 12.3. The van der Waals surface area contributed by atoms with Crippen molar-refractivity contribution in [1.29, 1.82) is 0 Å². The lowest BCUT2D eigenvalue weighted by Gasteiger charge is -2.08. The monoisotopic (exact) mass is 305 g/mol. The van der Waals surface area contributed by atoms with E-state index in [0.717, 1.165) is 27.4 Å². The van der Waals surface area contributed by atoms with E-state index < -0.39 is 0 Å². The first-order chi connectivity index (χ1) is 10.7. The largest absolute Gasteiger partial charge is 0.328 e. The Bertz CT molecular complexity index is 924. The Morgan fingerprint density at radius 1 is 0.909 bits per heavy atom. The Kier molecular flexibility index (Phi) is 2.87. The summed E-state index contributed by atoms with van der Waals surface area (Å²) in [6.07, 6.45) is 1.83. The van der Waals surface area contributed by atoms with Crippen molar-refractivity contribution in [2.75, 3.05) is 0 Å². The highest BCUT2D eigenvalue weighted by molar-refractivity contribution is 7.80. The van der Waals surface area contributed by atoms with Crippen LogP contribution < -0.4 is 10.6 Å². The number of carbonyl (C=O) groups excluding carboxylic acids is 1. The average molecular weight is 305 g/mol. The number of thiocarbonyl (C=S) groups is 1. The zero-order valence-electron chi connectivity index (χ0n) is 11.5. The van der Waals surface area contributed by atoms with Crippen LogP contribution >= 0.6 is 12.2 Å². The molecule has 2 aromatic carbocycles. The van der Waals surface area contributed by atoms with Crippen LogP contribution in [-0.4, -0.2) is 16.0 Å². The van der Waals surface area contributed by atoms with Gasteiger partial charge in [-0.05, 0) is 36.0 Å². The quantitative estimate of drug-likeness (QED) is 0.412. The molecule has 2 N–H and O–H groups in total. The lowest BCUT2D eigenvalue weighted by Crippen LogP contribution is -2.21.